The Balaban J connectivity index is 1.54. The van der Waals surface area contributed by atoms with Gasteiger partial charge in [0.2, 0.25) is 10.9 Å². The lowest BCUT2D eigenvalue weighted by atomic mass is 10.0. The number of thiazole rings is 1. The number of hydrazone groups is 1. The normalized spacial score (nSPS) is 11.0. The number of nitrogens with zero attached hydrogens (tertiary/aromatic N) is 3. The molecule has 1 aromatic heterocycles. The minimum atomic E-state index is -0.325. The smallest absolute Gasteiger partial charge is 0.280 e. The van der Waals surface area contributed by atoms with E-state index in [9.17, 15) is 4.79 Å². The number of aromatic nitrogens is 1. The summed E-state index contributed by atoms with van der Waals surface area (Å²) >= 11 is 1.35. The zero-order chi connectivity index (χ0) is 28.1. The summed E-state index contributed by atoms with van der Waals surface area (Å²) < 4.78 is 22.6. The lowest BCUT2D eigenvalue weighted by molar-refractivity contribution is 0.0988. The third kappa shape index (κ3) is 5.45. The Morgan fingerprint density at radius 3 is 2.10 bits per heavy atom. The molecule has 4 aromatic carbocycles. The molecule has 8 nitrogen and oxygen atoms in total. The number of methoxy groups -OCH3 is 4. The second-order valence-corrected chi connectivity index (χ2v) is 9.60. The summed E-state index contributed by atoms with van der Waals surface area (Å²) in [5.41, 5.74) is 3.93. The van der Waals surface area contributed by atoms with Gasteiger partial charge < -0.3 is 18.9 Å². The Hall–Kier alpha value is -4.89. The first-order chi connectivity index (χ1) is 19.5. The Labute approximate surface area is 236 Å². The Morgan fingerprint density at radius 2 is 1.48 bits per heavy atom. The monoisotopic (exact) mass is 553 g/mol. The predicted octanol–water partition coefficient (Wildman–Crippen LogP) is 6.68. The molecule has 0 fully saturated rings. The number of anilines is 1. The molecule has 0 unspecified atom stereocenters. The minimum Gasteiger partial charge on any atom is -0.497 e. The van der Waals surface area contributed by atoms with Crippen LogP contribution >= 0.6 is 11.3 Å². The van der Waals surface area contributed by atoms with Gasteiger partial charge in [-0.2, -0.15) is 10.1 Å². The van der Waals surface area contributed by atoms with Gasteiger partial charge >= 0.3 is 0 Å². The van der Waals surface area contributed by atoms with Gasteiger partial charge in [0, 0.05) is 11.1 Å². The van der Waals surface area contributed by atoms with E-state index in [0.29, 0.717) is 39.3 Å². The maximum absolute atomic E-state index is 13.8. The molecule has 0 aliphatic heterocycles. The lowest BCUT2D eigenvalue weighted by Gasteiger charge is -2.15. The Bertz CT molecular complexity index is 1640. The molecule has 0 radical (unpaired) electrons. The summed E-state index contributed by atoms with van der Waals surface area (Å²) in [6.45, 7) is 0. The number of ether oxygens (including phenoxy) is 4. The molecule has 5 rings (SSSR count). The van der Waals surface area contributed by atoms with Gasteiger partial charge in [0.05, 0.1) is 44.9 Å². The molecule has 0 saturated carbocycles. The van der Waals surface area contributed by atoms with Crippen molar-refractivity contribution in [2.45, 2.75) is 0 Å². The fraction of sp³-hybridized carbons (Fsp3) is 0.129. The first-order valence-corrected chi connectivity index (χ1v) is 13.1. The molecule has 0 spiro atoms. The molecule has 0 saturated heterocycles. The van der Waals surface area contributed by atoms with Crippen LogP contribution in [0.5, 0.6) is 23.0 Å². The molecule has 40 heavy (non-hydrogen) atoms. The van der Waals surface area contributed by atoms with E-state index in [1.165, 1.54) is 16.3 Å². The third-order valence-electron chi connectivity index (χ3n) is 6.21. The first kappa shape index (κ1) is 26.7. The van der Waals surface area contributed by atoms with Crippen molar-refractivity contribution in [1.29, 1.82) is 0 Å². The van der Waals surface area contributed by atoms with Crippen LogP contribution in [0.3, 0.4) is 0 Å². The largest absolute Gasteiger partial charge is 0.497 e. The summed E-state index contributed by atoms with van der Waals surface area (Å²) in [5, 5.41) is 6.31. The van der Waals surface area contributed by atoms with Gasteiger partial charge in [-0.25, -0.2) is 4.98 Å². The van der Waals surface area contributed by atoms with Gasteiger partial charge in [-0.3, -0.25) is 4.79 Å². The molecule has 1 heterocycles. The van der Waals surface area contributed by atoms with Crippen LogP contribution in [0.4, 0.5) is 5.13 Å². The molecule has 0 atom stereocenters. The number of amides is 1. The van der Waals surface area contributed by atoms with E-state index in [-0.39, 0.29) is 5.91 Å². The highest BCUT2D eigenvalue weighted by Gasteiger charge is 2.22. The van der Waals surface area contributed by atoms with E-state index in [1.807, 2.05) is 60.7 Å². The second kappa shape index (κ2) is 11.9. The average Bonchev–Trinajstić information content (AvgIpc) is 3.43. The number of benzene rings is 4. The van der Waals surface area contributed by atoms with E-state index in [1.54, 1.807) is 58.9 Å². The Morgan fingerprint density at radius 1 is 0.800 bits per heavy atom. The maximum atomic E-state index is 13.8. The number of hydrogen-bond acceptors (Lipinski definition) is 8. The van der Waals surface area contributed by atoms with Crippen LogP contribution in [-0.2, 0) is 0 Å². The third-order valence-corrected chi connectivity index (χ3v) is 7.20. The first-order valence-electron chi connectivity index (χ1n) is 12.3. The van der Waals surface area contributed by atoms with Gasteiger partial charge in [-0.05, 0) is 53.6 Å². The topological polar surface area (TPSA) is 82.5 Å². The lowest BCUT2D eigenvalue weighted by Crippen LogP contribution is -2.25. The summed E-state index contributed by atoms with van der Waals surface area (Å²) in [6, 6.07) is 26.5. The van der Waals surface area contributed by atoms with Crippen LogP contribution in [-0.4, -0.2) is 45.5 Å². The van der Waals surface area contributed by atoms with Crippen molar-refractivity contribution < 1.29 is 23.7 Å². The van der Waals surface area contributed by atoms with Gasteiger partial charge in [-0.1, -0.05) is 53.8 Å². The molecular formula is C31H27N3O5S. The van der Waals surface area contributed by atoms with E-state index < -0.39 is 0 Å². The van der Waals surface area contributed by atoms with E-state index >= 15 is 0 Å². The zero-order valence-corrected chi connectivity index (χ0v) is 23.3. The van der Waals surface area contributed by atoms with Crippen LogP contribution in [0, 0.1) is 0 Å². The standard InChI is InChI=1S/C31H27N3O5S/c1-36-24-14-15-25-28(18-24)40-31(33-25)34(32-19-20-16-26(37-2)29(39-4)27(17-20)38-3)30(35)23-12-10-22(11-13-23)21-8-6-5-7-9-21/h5-19H,1-4H3/b32-19+. The maximum Gasteiger partial charge on any atom is 0.280 e. The molecule has 0 N–H and O–H groups in total. The van der Waals surface area contributed by atoms with Gasteiger partial charge in [0.15, 0.2) is 11.5 Å². The summed E-state index contributed by atoms with van der Waals surface area (Å²) in [4.78, 5) is 18.5. The van der Waals surface area contributed by atoms with Gasteiger partial charge in [-0.15, -0.1) is 0 Å². The molecule has 5 aromatic rings. The van der Waals surface area contributed by atoms with E-state index in [2.05, 4.69) is 5.10 Å². The van der Waals surface area contributed by atoms with Crippen molar-refractivity contribution in [3.8, 4) is 34.1 Å². The number of rotatable bonds is 9. The number of carbonyl (C=O) groups is 1. The van der Waals surface area contributed by atoms with Crippen LogP contribution < -0.4 is 24.0 Å². The SMILES string of the molecule is COc1ccc2nc(N(/N=C/c3cc(OC)c(OC)c(OC)c3)C(=O)c3ccc(-c4ccccc4)cc3)sc2c1. The van der Waals surface area contributed by atoms with Crippen molar-refractivity contribution in [3.05, 3.63) is 96.1 Å². The molecule has 9 heteroatoms. The highest BCUT2D eigenvalue weighted by molar-refractivity contribution is 7.22. The molecule has 202 valence electrons. The van der Waals surface area contributed by atoms with Crippen LogP contribution in [0.15, 0.2) is 90.0 Å². The summed E-state index contributed by atoms with van der Waals surface area (Å²) in [5.74, 6) is 1.80. The van der Waals surface area contributed by atoms with Crippen LogP contribution in [0.1, 0.15) is 15.9 Å². The second-order valence-electron chi connectivity index (χ2n) is 8.59. The number of hydrogen-bond donors (Lipinski definition) is 0. The summed E-state index contributed by atoms with van der Waals surface area (Å²) in [7, 11) is 6.24. The Kier molecular flexibility index (Phi) is 7.93. The zero-order valence-electron chi connectivity index (χ0n) is 22.5. The average molecular weight is 554 g/mol. The molecular weight excluding hydrogens is 526 g/mol. The minimum absolute atomic E-state index is 0.325. The molecule has 0 aliphatic carbocycles. The van der Waals surface area contributed by atoms with E-state index in [0.717, 1.165) is 21.3 Å². The van der Waals surface area contributed by atoms with Crippen molar-refractivity contribution in [2.24, 2.45) is 5.10 Å². The van der Waals surface area contributed by atoms with Crippen molar-refractivity contribution >= 4 is 38.8 Å². The van der Waals surface area contributed by atoms with Crippen molar-refractivity contribution in [2.75, 3.05) is 33.4 Å². The van der Waals surface area contributed by atoms with Gasteiger partial charge in [0.1, 0.15) is 5.75 Å². The van der Waals surface area contributed by atoms with Crippen LogP contribution in [0.25, 0.3) is 21.3 Å². The summed E-state index contributed by atoms with van der Waals surface area (Å²) in [6.07, 6.45) is 1.56. The highest BCUT2D eigenvalue weighted by atomic mass is 32.1. The molecule has 0 aliphatic rings. The number of carbonyl (C=O) groups excluding carboxylic acids is 1. The fourth-order valence-electron chi connectivity index (χ4n) is 4.16. The molecule has 0 bridgehead atoms. The van der Waals surface area contributed by atoms with E-state index in [4.69, 9.17) is 23.9 Å². The molecule has 1 amide bonds. The quantitative estimate of drug-likeness (QED) is 0.150. The fourth-order valence-corrected chi connectivity index (χ4v) is 5.11. The van der Waals surface area contributed by atoms with Crippen molar-refractivity contribution in [1.82, 2.24) is 4.98 Å². The van der Waals surface area contributed by atoms with Crippen molar-refractivity contribution in [3.63, 3.8) is 0 Å². The highest BCUT2D eigenvalue weighted by Crippen LogP contribution is 2.38. The predicted molar refractivity (Wildman–Crippen MR) is 159 cm³/mol. The number of fused-ring (bicyclic) bond motifs is 1. The van der Waals surface area contributed by atoms with Crippen LogP contribution in [0.2, 0.25) is 0 Å². The van der Waals surface area contributed by atoms with Gasteiger partial charge in [0.25, 0.3) is 5.91 Å².